The standard InChI is InChI=1S/C13H19Cl2N/c1-3-9(4-2)13(16)7-10-5-6-11(14)8-12(10)15/h5-6,8-9,13H,3-4,7,16H2,1-2H3. The van der Waals surface area contributed by atoms with Crippen molar-refractivity contribution >= 4 is 23.2 Å². The SMILES string of the molecule is CCC(CC)C(N)Cc1ccc(Cl)cc1Cl. The Labute approximate surface area is 108 Å². The largest absolute Gasteiger partial charge is 0.327 e. The van der Waals surface area contributed by atoms with Crippen molar-refractivity contribution in [2.75, 3.05) is 0 Å². The van der Waals surface area contributed by atoms with Gasteiger partial charge in [0.25, 0.3) is 0 Å². The number of nitrogens with two attached hydrogens (primary N) is 1. The summed E-state index contributed by atoms with van der Waals surface area (Å²) in [6.45, 7) is 4.36. The minimum atomic E-state index is 0.175. The molecule has 0 fully saturated rings. The molecule has 0 aliphatic heterocycles. The van der Waals surface area contributed by atoms with Gasteiger partial charge in [-0.25, -0.2) is 0 Å². The average molecular weight is 260 g/mol. The van der Waals surface area contributed by atoms with Crippen molar-refractivity contribution in [1.29, 1.82) is 0 Å². The smallest absolute Gasteiger partial charge is 0.0453 e. The van der Waals surface area contributed by atoms with E-state index in [-0.39, 0.29) is 6.04 Å². The lowest BCUT2D eigenvalue weighted by molar-refractivity contribution is 0.393. The van der Waals surface area contributed by atoms with Crippen LogP contribution < -0.4 is 5.73 Å². The Morgan fingerprint density at radius 2 is 1.81 bits per heavy atom. The van der Waals surface area contributed by atoms with E-state index in [1.165, 1.54) is 0 Å². The third-order valence-electron chi connectivity index (χ3n) is 3.12. The summed E-state index contributed by atoms with van der Waals surface area (Å²) in [6.07, 6.45) is 3.05. The molecule has 90 valence electrons. The van der Waals surface area contributed by atoms with Crippen LogP contribution in [0, 0.1) is 5.92 Å². The van der Waals surface area contributed by atoms with Gasteiger partial charge >= 0.3 is 0 Å². The van der Waals surface area contributed by atoms with Crippen LogP contribution in [0.15, 0.2) is 18.2 Å². The van der Waals surface area contributed by atoms with E-state index in [1.54, 1.807) is 6.07 Å². The topological polar surface area (TPSA) is 26.0 Å². The lowest BCUT2D eigenvalue weighted by atomic mass is 9.90. The predicted molar refractivity (Wildman–Crippen MR) is 72.2 cm³/mol. The van der Waals surface area contributed by atoms with Gasteiger partial charge < -0.3 is 5.73 Å². The van der Waals surface area contributed by atoms with Crippen LogP contribution >= 0.6 is 23.2 Å². The van der Waals surface area contributed by atoms with Gasteiger partial charge in [0.05, 0.1) is 0 Å². The summed E-state index contributed by atoms with van der Waals surface area (Å²) in [6, 6.07) is 5.78. The zero-order chi connectivity index (χ0) is 12.1. The van der Waals surface area contributed by atoms with Crippen LogP contribution in [0.4, 0.5) is 0 Å². The Bertz CT molecular complexity index is 335. The van der Waals surface area contributed by atoms with Crippen molar-refractivity contribution in [3.8, 4) is 0 Å². The average Bonchev–Trinajstić information content (AvgIpc) is 2.24. The second-order valence-electron chi connectivity index (χ2n) is 4.18. The zero-order valence-corrected chi connectivity index (χ0v) is 11.4. The van der Waals surface area contributed by atoms with E-state index in [9.17, 15) is 0 Å². The molecular formula is C13H19Cl2N. The van der Waals surface area contributed by atoms with Gasteiger partial charge in [0.1, 0.15) is 0 Å². The molecule has 0 amide bonds. The molecule has 0 aliphatic rings. The van der Waals surface area contributed by atoms with E-state index >= 15 is 0 Å². The third kappa shape index (κ3) is 3.65. The maximum absolute atomic E-state index is 6.19. The monoisotopic (exact) mass is 259 g/mol. The fourth-order valence-corrected chi connectivity index (χ4v) is 2.49. The molecule has 0 heterocycles. The van der Waals surface area contributed by atoms with Crippen LogP contribution in [0.1, 0.15) is 32.3 Å². The second kappa shape index (κ2) is 6.48. The Morgan fingerprint density at radius 3 is 2.31 bits per heavy atom. The van der Waals surface area contributed by atoms with Crippen LogP contribution in [-0.2, 0) is 6.42 Å². The maximum Gasteiger partial charge on any atom is 0.0453 e. The lowest BCUT2D eigenvalue weighted by Crippen LogP contribution is -2.31. The first-order valence-corrected chi connectivity index (χ1v) is 6.53. The minimum Gasteiger partial charge on any atom is -0.327 e. The van der Waals surface area contributed by atoms with Gasteiger partial charge in [-0.2, -0.15) is 0 Å². The van der Waals surface area contributed by atoms with Crippen molar-refractivity contribution in [2.45, 2.75) is 39.2 Å². The Morgan fingerprint density at radius 1 is 1.19 bits per heavy atom. The molecule has 1 unspecified atom stereocenters. The molecule has 0 bridgehead atoms. The molecule has 1 atom stereocenters. The highest BCUT2D eigenvalue weighted by atomic mass is 35.5. The zero-order valence-electron chi connectivity index (χ0n) is 9.84. The predicted octanol–water partition coefficient (Wildman–Crippen LogP) is 4.30. The number of hydrogen-bond acceptors (Lipinski definition) is 1. The first-order chi connectivity index (χ1) is 7.58. The Hall–Kier alpha value is -0.240. The molecule has 2 N–H and O–H groups in total. The van der Waals surface area contributed by atoms with Gasteiger partial charge in [0.15, 0.2) is 0 Å². The van der Waals surface area contributed by atoms with E-state index in [2.05, 4.69) is 13.8 Å². The summed E-state index contributed by atoms with van der Waals surface area (Å²) in [5, 5.41) is 1.39. The van der Waals surface area contributed by atoms with Gasteiger partial charge in [-0.1, -0.05) is 56.0 Å². The number of benzene rings is 1. The molecule has 0 radical (unpaired) electrons. The normalized spacial score (nSPS) is 13.1. The molecule has 1 nitrogen and oxygen atoms in total. The molecular weight excluding hydrogens is 241 g/mol. The first-order valence-electron chi connectivity index (χ1n) is 5.78. The fourth-order valence-electron chi connectivity index (χ4n) is 2.00. The van der Waals surface area contributed by atoms with Gasteiger partial charge in [-0.3, -0.25) is 0 Å². The molecule has 0 saturated heterocycles. The summed E-state index contributed by atoms with van der Waals surface area (Å²) < 4.78 is 0. The summed E-state index contributed by atoms with van der Waals surface area (Å²) in [5.74, 6) is 0.562. The second-order valence-corrected chi connectivity index (χ2v) is 5.02. The van der Waals surface area contributed by atoms with Crippen LogP contribution in [0.5, 0.6) is 0 Å². The highest BCUT2D eigenvalue weighted by Crippen LogP contribution is 2.24. The molecule has 0 aromatic heterocycles. The molecule has 0 aliphatic carbocycles. The van der Waals surface area contributed by atoms with Crippen LogP contribution in [0.3, 0.4) is 0 Å². The molecule has 1 aromatic rings. The van der Waals surface area contributed by atoms with E-state index < -0.39 is 0 Å². The summed E-state index contributed by atoms with van der Waals surface area (Å²) in [4.78, 5) is 0. The van der Waals surface area contributed by atoms with E-state index in [0.717, 1.165) is 24.8 Å². The lowest BCUT2D eigenvalue weighted by Gasteiger charge is -2.21. The third-order valence-corrected chi connectivity index (χ3v) is 3.71. The molecule has 16 heavy (non-hydrogen) atoms. The summed E-state index contributed by atoms with van der Waals surface area (Å²) >= 11 is 12.0. The number of hydrogen-bond donors (Lipinski definition) is 1. The molecule has 1 rings (SSSR count). The Balaban J connectivity index is 2.72. The minimum absolute atomic E-state index is 0.175. The quantitative estimate of drug-likeness (QED) is 0.839. The summed E-state index contributed by atoms with van der Waals surface area (Å²) in [5.41, 5.74) is 7.27. The van der Waals surface area contributed by atoms with Crippen molar-refractivity contribution in [2.24, 2.45) is 11.7 Å². The van der Waals surface area contributed by atoms with Crippen LogP contribution in [0.2, 0.25) is 10.0 Å². The van der Waals surface area contributed by atoms with E-state index in [1.807, 2.05) is 12.1 Å². The van der Waals surface area contributed by atoms with Crippen LogP contribution in [0.25, 0.3) is 0 Å². The molecule has 0 saturated carbocycles. The van der Waals surface area contributed by atoms with Gasteiger partial charge in [0.2, 0.25) is 0 Å². The molecule has 0 spiro atoms. The van der Waals surface area contributed by atoms with Gasteiger partial charge in [-0.15, -0.1) is 0 Å². The van der Waals surface area contributed by atoms with Crippen molar-refractivity contribution in [3.05, 3.63) is 33.8 Å². The van der Waals surface area contributed by atoms with E-state index in [0.29, 0.717) is 16.0 Å². The Kier molecular flexibility index (Phi) is 5.60. The molecule has 3 heteroatoms. The summed E-state index contributed by atoms with van der Waals surface area (Å²) in [7, 11) is 0. The van der Waals surface area contributed by atoms with Crippen molar-refractivity contribution in [3.63, 3.8) is 0 Å². The first kappa shape index (κ1) is 13.8. The maximum atomic E-state index is 6.19. The van der Waals surface area contributed by atoms with E-state index in [4.69, 9.17) is 28.9 Å². The van der Waals surface area contributed by atoms with Gasteiger partial charge in [0, 0.05) is 16.1 Å². The van der Waals surface area contributed by atoms with Gasteiger partial charge in [-0.05, 0) is 30.0 Å². The van der Waals surface area contributed by atoms with Crippen molar-refractivity contribution in [1.82, 2.24) is 0 Å². The highest BCUT2D eigenvalue weighted by Gasteiger charge is 2.15. The van der Waals surface area contributed by atoms with Crippen LogP contribution in [-0.4, -0.2) is 6.04 Å². The highest BCUT2D eigenvalue weighted by molar-refractivity contribution is 6.35. The number of halogens is 2. The molecule has 1 aromatic carbocycles. The fraction of sp³-hybridized carbons (Fsp3) is 0.538. The number of rotatable bonds is 5. The van der Waals surface area contributed by atoms with Crippen molar-refractivity contribution < 1.29 is 0 Å².